The molecule has 3 saturated carbocycles. The van der Waals surface area contributed by atoms with Crippen LogP contribution in [0.4, 0.5) is 40.3 Å². The number of fused-ring (bicyclic) bond motifs is 6. The summed E-state index contributed by atoms with van der Waals surface area (Å²) in [6.45, 7) is 21.1. The molecule has 0 unspecified atom stereocenters. The molecule has 4 amide bonds. The number of ether oxygens (including phenoxy) is 2. The van der Waals surface area contributed by atoms with Crippen molar-refractivity contribution < 1.29 is 70.2 Å². The van der Waals surface area contributed by atoms with E-state index in [0.717, 1.165) is 148 Å². The van der Waals surface area contributed by atoms with E-state index in [4.69, 9.17) is 32.4 Å². The third-order valence-electron chi connectivity index (χ3n) is 25.1. The third-order valence-corrected chi connectivity index (χ3v) is 25.1. The average molecular weight is 1900 g/mol. The maximum absolute atomic E-state index is 15.0. The lowest BCUT2D eigenvalue weighted by atomic mass is 9.75. The second-order valence-electron chi connectivity index (χ2n) is 37.5. The highest BCUT2D eigenvalue weighted by molar-refractivity contribution is 7.47. The van der Waals surface area contributed by atoms with Crippen molar-refractivity contribution in [3.8, 4) is 22.7 Å². The van der Waals surface area contributed by atoms with Gasteiger partial charge in [-0.1, -0.05) is 93.9 Å². The van der Waals surface area contributed by atoms with Gasteiger partial charge in [-0.25, -0.2) is 22.2 Å². The maximum Gasteiger partial charge on any atom is 0.435 e. The number of aromatic nitrogens is 5. The van der Waals surface area contributed by atoms with Crippen LogP contribution in [-0.2, 0) is 83.4 Å². The van der Waals surface area contributed by atoms with Gasteiger partial charge in [0.25, 0.3) is 23.6 Å². The Bertz CT molecular complexity index is 5850. The minimum absolute atomic E-state index is 0. The molecule has 0 bridgehead atoms. The highest BCUT2D eigenvalue weighted by Crippen LogP contribution is 2.46. The number of para-hydroxylation sites is 1. The molecule has 5 aromatic carbocycles. The number of halogens is 4. The number of alkyl halides is 3. The van der Waals surface area contributed by atoms with Gasteiger partial charge in [-0.15, -0.1) is 0 Å². The maximum atomic E-state index is 15.0. The fourth-order valence-electron chi connectivity index (χ4n) is 19.2. The lowest BCUT2D eigenvalue weighted by molar-refractivity contribution is -0.150. The van der Waals surface area contributed by atoms with Crippen molar-refractivity contribution in [3.63, 3.8) is 0 Å². The largest absolute Gasteiger partial charge is 0.462 e. The van der Waals surface area contributed by atoms with Crippen molar-refractivity contribution in [2.24, 2.45) is 58.2 Å². The lowest BCUT2D eigenvalue weighted by Crippen LogP contribution is -2.31. The number of hydrogen-bond donors (Lipinski definition) is 8. The molecule has 12 N–H and O–H groups in total. The molecule has 34 heteroatoms. The number of rotatable bonds is 20. The van der Waals surface area contributed by atoms with Gasteiger partial charge >= 0.3 is 12.1 Å². The van der Waals surface area contributed by atoms with Gasteiger partial charge < -0.3 is 67.4 Å². The van der Waals surface area contributed by atoms with Crippen LogP contribution in [0.2, 0.25) is 0 Å². The second-order valence-corrected chi connectivity index (χ2v) is 38.6. The van der Waals surface area contributed by atoms with E-state index in [1.807, 2.05) is 93.1 Å². The van der Waals surface area contributed by atoms with Crippen LogP contribution >= 0.6 is 0 Å². The number of nitrogens with one attached hydrogen (secondary N) is 4. The first-order valence-electron chi connectivity index (χ1n) is 45.1. The average Bonchev–Trinajstić information content (AvgIpc) is 1.60. The summed E-state index contributed by atoms with van der Waals surface area (Å²) in [7, 11) is 6.32. The van der Waals surface area contributed by atoms with Crippen LogP contribution in [0.5, 0.6) is 0 Å². The summed E-state index contributed by atoms with van der Waals surface area (Å²) in [5.74, 6) is -2.53. The van der Waals surface area contributed by atoms with Gasteiger partial charge in [-0.05, 0) is 216 Å². The number of Topliss-reactive ketones (excluding diaryl/α,β-unsaturated/α-hetero) is 4. The van der Waals surface area contributed by atoms with Crippen molar-refractivity contribution in [3.05, 3.63) is 193 Å². The highest BCUT2D eigenvalue weighted by atomic mass is 32.1. The predicted molar refractivity (Wildman–Crippen MR) is 525 cm³/mol. The quantitative estimate of drug-likeness (QED) is 0.0200. The van der Waals surface area contributed by atoms with E-state index in [1.165, 1.54) is 31.0 Å². The van der Waals surface area contributed by atoms with Gasteiger partial charge in [-0.2, -0.15) is 18.3 Å². The smallest absolute Gasteiger partial charge is 0.435 e. The molecule has 7 aliphatic carbocycles. The minimum atomic E-state index is -4.79. The number of methoxy groups -OCH3 is 1. The number of nitrogens with two attached hydrogens (primary N) is 4. The number of carbonyl (C=O) groups is 9. The molecule has 4 aromatic heterocycles. The first kappa shape index (κ1) is 106. The number of hydrogen-bond acceptors (Lipinski definition) is 22. The van der Waals surface area contributed by atoms with E-state index >= 15 is 0 Å². The van der Waals surface area contributed by atoms with Crippen molar-refractivity contribution >= 4 is 124 Å². The molecule has 4 heterocycles. The van der Waals surface area contributed by atoms with Crippen LogP contribution in [0.1, 0.15) is 301 Å². The van der Waals surface area contributed by atoms with Gasteiger partial charge in [-0.3, -0.25) is 43.2 Å². The molecule has 7 aliphatic rings. The molecule has 9 aromatic rings. The van der Waals surface area contributed by atoms with Gasteiger partial charge in [0.2, 0.25) is 0 Å². The standard InChI is InChI=1S/C26H31F3N4O4.C25H33N3O2.C23H28FN3O2.C22H23N3O3.3CH3NS.CH4/c1-4-21(35)37-16-8-5-14(6-9-16)31-18-11-15(7-10-17(18)24(30)36)33-19-12-25(2,3)13-20(34)22(19)23(32-33)26(27,28)29;1-15-5-7-17(8-6-15)27-20-11-18(9-10-19(20)24(26)30)28-14-16(2)23-21(28)12-25(3,4)13-22(23)29;1-13-12-27(18-10-23(2,3)11-19(28)20(13)18)15-8-16(24)21(22(25)29)17(9-15)26-14-6-4-5-7-14;1-28-12-11-24-17-13-14(9-10-15(17)22(23)27)25-18-6-3-2-5-16(18)21-19(25)7-4-8-20(21)26;3*1-2-3;/h7,10-11,14,16,31H,4-6,8-9,12-13H2,1-3H3,(H2,30,36);9-11,14-15,17,27H,5-8,12-13H2,1-4H3,(H2,26,30);8-9,12,14,26H,4-7,10-11H2,1-3H3,(H2,25,29);2-3,5-6,9-10,13,24H,4,7-8,11-12H2,1H3,(H2,23,27);3*1H3;1H4. The van der Waals surface area contributed by atoms with Gasteiger partial charge in [0, 0.05) is 202 Å². The fourth-order valence-corrected chi connectivity index (χ4v) is 19.2. The van der Waals surface area contributed by atoms with Gasteiger partial charge in [0.15, 0.2) is 28.8 Å². The van der Waals surface area contributed by atoms with Crippen LogP contribution in [0.3, 0.4) is 0 Å². The number of nitrogens with zero attached hydrogens (tertiary/aromatic N) is 8. The molecule has 0 aliphatic heterocycles. The predicted octanol–water partition coefficient (Wildman–Crippen LogP) is 19.4. The van der Waals surface area contributed by atoms with E-state index in [-0.39, 0.29) is 101 Å². The second kappa shape index (κ2) is 46.1. The Hall–Kier alpha value is -11.6. The number of anilines is 4. The summed E-state index contributed by atoms with van der Waals surface area (Å²) in [5.41, 5.74) is 34.5. The number of carbonyl (C=O) groups excluding carboxylic acids is 9. The van der Waals surface area contributed by atoms with E-state index in [2.05, 4.69) is 127 Å². The molecule has 0 radical (unpaired) electrons. The van der Waals surface area contributed by atoms with E-state index in [9.17, 15) is 60.7 Å². The van der Waals surface area contributed by atoms with Crippen LogP contribution < -0.4 is 44.2 Å². The van der Waals surface area contributed by atoms with Crippen molar-refractivity contribution in [2.75, 3.05) is 62.7 Å². The van der Waals surface area contributed by atoms with Crippen LogP contribution in [0.15, 0.2) is 116 Å². The molecule has 0 atom stereocenters. The molecular weight excluding hydrogens is 1770 g/mol. The zero-order chi connectivity index (χ0) is 97.5. The number of ketones is 4. The first-order chi connectivity index (χ1) is 62.9. The van der Waals surface area contributed by atoms with Crippen molar-refractivity contribution in [1.82, 2.24) is 23.5 Å². The Labute approximate surface area is 797 Å². The summed E-state index contributed by atoms with van der Waals surface area (Å²) in [6.07, 6.45) is 15.9. The number of amides is 4. The van der Waals surface area contributed by atoms with Crippen molar-refractivity contribution in [1.29, 1.82) is 0 Å². The summed E-state index contributed by atoms with van der Waals surface area (Å²) >= 11 is 12.1. The number of esters is 1. The Morgan fingerprint density at radius 1 is 0.522 bits per heavy atom. The Morgan fingerprint density at radius 3 is 1.46 bits per heavy atom. The zero-order valence-electron chi connectivity index (χ0n) is 78.3. The lowest BCUT2D eigenvalue weighted by Gasteiger charge is -2.30. The van der Waals surface area contributed by atoms with Crippen molar-refractivity contribution in [2.45, 2.75) is 248 Å². The Morgan fingerprint density at radius 2 is 0.963 bits per heavy atom. The van der Waals surface area contributed by atoms with Crippen LogP contribution in [0, 0.1) is 41.8 Å². The summed E-state index contributed by atoms with van der Waals surface area (Å²) in [6, 6.07) is 27.4. The number of benzene rings is 5. The van der Waals surface area contributed by atoms with Gasteiger partial charge in [0.1, 0.15) is 11.9 Å². The highest BCUT2D eigenvalue weighted by Gasteiger charge is 2.46. The van der Waals surface area contributed by atoms with E-state index in [0.29, 0.717) is 104 Å². The summed E-state index contributed by atoms with van der Waals surface area (Å²) < 4.78 is 83.5. The minimum Gasteiger partial charge on any atom is -0.462 e. The number of primary amides is 4. The topological polar surface area (TPSA) is 394 Å². The fraction of sp³-hybridized carbons (Fsp3) is 0.480. The Balaban J connectivity index is 0.000000195. The molecule has 134 heavy (non-hydrogen) atoms. The summed E-state index contributed by atoms with van der Waals surface area (Å²) in [4.78, 5) is 110. The monoisotopic (exact) mass is 1900 g/mol. The molecular formula is C100H128F4N16O11S3. The molecule has 0 spiro atoms. The molecule has 720 valence electrons. The van der Waals surface area contributed by atoms with E-state index < -0.39 is 52.5 Å². The normalized spacial score (nSPS) is 18.2. The molecule has 0 saturated heterocycles. The van der Waals surface area contributed by atoms with Crippen LogP contribution in [-0.4, -0.2) is 142 Å². The molecule has 27 nitrogen and oxygen atoms in total. The summed E-state index contributed by atoms with van der Waals surface area (Å²) in [5, 5.41) is 18.3. The van der Waals surface area contributed by atoms with E-state index in [1.54, 1.807) is 53.4 Å². The zero-order valence-corrected chi connectivity index (χ0v) is 80.7. The number of aryl methyl sites for hydroxylation is 2. The van der Waals surface area contributed by atoms with Crippen LogP contribution in [0.25, 0.3) is 33.7 Å². The SMILES string of the molecule is C.CCC(=O)OC1CCC(Nc2cc(-n3nc(C(F)(F)F)c4c3CC(C)(C)CC4=O)ccc2C(N)=O)CC1.CN=S.CN=S.CN=S.COCCNc1cc(-n2c3c(c4ccccc42)C(=O)CCC3)ccc1C(N)=O.Cc1cn(-c2cc(F)c(C(N)=O)c(NC3CCCC3)c2)c2c1C(=O)CC(C)(C)C2.Cc1cn(-c2ccc(C(N)=O)c(NC3CCC(C)CC3)c2)c2c1C(=O)CC(C)(C)C2. The van der Waals surface area contributed by atoms with Gasteiger partial charge in [0.05, 0.1) is 62.7 Å². The third kappa shape index (κ3) is 25.7. The molecule has 16 rings (SSSR count). The first-order valence-corrected chi connectivity index (χ1v) is 46.2. The Kier molecular flexibility index (Phi) is 36.5. The molecule has 3 fully saturated rings.